The summed E-state index contributed by atoms with van der Waals surface area (Å²) in [5.74, 6) is -0.0282. The van der Waals surface area contributed by atoms with E-state index in [9.17, 15) is 14.9 Å². The number of halogens is 1. The Morgan fingerprint density at radius 1 is 1.38 bits per heavy atom. The summed E-state index contributed by atoms with van der Waals surface area (Å²) in [5, 5.41) is 14.2. The van der Waals surface area contributed by atoms with E-state index in [1.165, 1.54) is 31.0 Å². The maximum atomic E-state index is 12.5. The van der Waals surface area contributed by atoms with E-state index in [1.54, 1.807) is 0 Å². The Labute approximate surface area is 151 Å². The molecule has 0 spiro atoms. The van der Waals surface area contributed by atoms with Crippen molar-refractivity contribution in [1.29, 1.82) is 0 Å². The average molecular weight is 376 g/mol. The first-order valence-corrected chi connectivity index (χ1v) is 8.65. The van der Waals surface area contributed by atoms with Gasteiger partial charge in [-0.2, -0.15) is 0 Å². The molecule has 1 aromatic carbocycles. The van der Waals surface area contributed by atoms with Crippen molar-refractivity contribution in [2.45, 2.75) is 42.7 Å². The minimum absolute atomic E-state index is 0. The third-order valence-electron chi connectivity index (χ3n) is 4.05. The van der Waals surface area contributed by atoms with Crippen molar-refractivity contribution in [2.75, 3.05) is 13.4 Å². The number of rotatable bonds is 5. The number of nitro groups is 1. The number of carbonyl (C=O) groups excluding carboxylic acids is 1. The van der Waals surface area contributed by atoms with E-state index in [0.717, 1.165) is 25.7 Å². The molecule has 0 heterocycles. The van der Waals surface area contributed by atoms with Crippen molar-refractivity contribution in [3.63, 3.8) is 0 Å². The highest BCUT2D eigenvalue weighted by atomic mass is 35.5. The third kappa shape index (κ3) is 4.75. The zero-order valence-electron chi connectivity index (χ0n) is 13.6. The minimum atomic E-state index is -0.557. The van der Waals surface area contributed by atoms with Crippen molar-refractivity contribution in [1.82, 2.24) is 5.32 Å². The fourth-order valence-corrected chi connectivity index (χ4v) is 3.31. The van der Waals surface area contributed by atoms with E-state index in [-0.39, 0.29) is 35.7 Å². The predicted molar refractivity (Wildman–Crippen MR) is 96.4 cm³/mol. The molecule has 1 amide bonds. The van der Waals surface area contributed by atoms with Crippen molar-refractivity contribution in [3.05, 3.63) is 27.8 Å². The summed E-state index contributed by atoms with van der Waals surface area (Å²) in [6.45, 7) is 0. The SMILES string of the molecule is COc1cc([N+](=O)[O-])c(C(=O)NC2CCC(N)CC2)cc1SC.Cl. The van der Waals surface area contributed by atoms with Crippen LogP contribution in [-0.4, -0.2) is 36.3 Å². The molecule has 1 fully saturated rings. The number of hydrogen-bond donors (Lipinski definition) is 2. The normalized spacial score (nSPS) is 20.0. The third-order valence-corrected chi connectivity index (χ3v) is 4.81. The number of nitrogens with one attached hydrogen (secondary N) is 1. The quantitative estimate of drug-likeness (QED) is 0.465. The number of nitrogens with two attached hydrogens (primary N) is 1. The Balaban J connectivity index is 0.00000288. The summed E-state index contributed by atoms with van der Waals surface area (Å²) in [5.41, 5.74) is 5.67. The smallest absolute Gasteiger partial charge is 0.285 e. The number of ether oxygens (including phenoxy) is 1. The number of carbonyl (C=O) groups is 1. The number of thioether (sulfide) groups is 1. The van der Waals surface area contributed by atoms with Crippen LogP contribution in [0.25, 0.3) is 0 Å². The Morgan fingerprint density at radius 3 is 2.50 bits per heavy atom. The van der Waals surface area contributed by atoms with Gasteiger partial charge in [0.25, 0.3) is 11.6 Å². The minimum Gasteiger partial charge on any atom is -0.495 e. The fraction of sp³-hybridized carbons (Fsp3) is 0.533. The van der Waals surface area contributed by atoms with Gasteiger partial charge < -0.3 is 15.8 Å². The highest BCUT2D eigenvalue weighted by Crippen LogP contribution is 2.34. The molecule has 0 atom stereocenters. The number of benzene rings is 1. The molecule has 2 rings (SSSR count). The van der Waals surface area contributed by atoms with Gasteiger partial charge in [-0.15, -0.1) is 24.2 Å². The van der Waals surface area contributed by atoms with Gasteiger partial charge in [0.05, 0.1) is 23.0 Å². The van der Waals surface area contributed by atoms with E-state index < -0.39 is 10.8 Å². The van der Waals surface area contributed by atoms with Crippen molar-refractivity contribution in [3.8, 4) is 5.75 Å². The van der Waals surface area contributed by atoms with Gasteiger partial charge >= 0.3 is 0 Å². The molecule has 1 aromatic rings. The molecule has 1 aliphatic rings. The van der Waals surface area contributed by atoms with Crippen LogP contribution in [0, 0.1) is 10.1 Å². The van der Waals surface area contributed by atoms with Gasteiger partial charge in [-0.05, 0) is 38.0 Å². The molecule has 0 unspecified atom stereocenters. The molecule has 0 bridgehead atoms. The van der Waals surface area contributed by atoms with Crippen LogP contribution in [0.2, 0.25) is 0 Å². The van der Waals surface area contributed by atoms with Crippen LogP contribution in [0.4, 0.5) is 5.69 Å². The van der Waals surface area contributed by atoms with E-state index in [0.29, 0.717) is 10.6 Å². The molecule has 0 aromatic heterocycles. The summed E-state index contributed by atoms with van der Waals surface area (Å²) in [6, 6.07) is 3.02. The standard InChI is InChI=1S/C15H21N3O4S.ClH/c1-22-13-8-12(18(20)21)11(7-14(13)23-2)15(19)17-10-5-3-9(16)4-6-10;/h7-10H,3-6,16H2,1-2H3,(H,17,19);1H. The van der Waals surface area contributed by atoms with E-state index in [2.05, 4.69) is 5.32 Å². The number of nitrogens with zero attached hydrogens (tertiary/aromatic N) is 1. The molecule has 0 radical (unpaired) electrons. The molecule has 134 valence electrons. The lowest BCUT2D eigenvalue weighted by atomic mass is 9.91. The summed E-state index contributed by atoms with van der Waals surface area (Å²) in [7, 11) is 1.45. The van der Waals surface area contributed by atoms with Gasteiger partial charge in [0.15, 0.2) is 0 Å². The molecular weight excluding hydrogens is 354 g/mol. The number of hydrogen-bond acceptors (Lipinski definition) is 6. The summed E-state index contributed by atoms with van der Waals surface area (Å²) < 4.78 is 5.15. The lowest BCUT2D eigenvalue weighted by Gasteiger charge is -2.26. The van der Waals surface area contributed by atoms with Crippen molar-refractivity contribution >= 4 is 35.8 Å². The second-order valence-electron chi connectivity index (χ2n) is 5.57. The van der Waals surface area contributed by atoms with Crippen molar-refractivity contribution < 1.29 is 14.5 Å². The Morgan fingerprint density at radius 2 is 2.00 bits per heavy atom. The Bertz CT molecular complexity index is 607. The molecule has 0 saturated heterocycles. The van der Waals surface area contributed by atoms with Gasteiger partial charge in [-0.25, -0.2) is 0 Å². The molecular formula is C15H22ClN3O4S. The van der Waals surface area contributed by atoms with E-state index >= 15 is 0 Å². The molecule has 1 aliphatic carbocycles. The van der Waals surface area contributed by atoms with Gasteiger partial charge in [0.2, 0.25) is 0 Å². The molecule has 7 nitrogen and oxygen atoms in total. The summed E-state index contributed by atoms with van der Waals surface area (Å²) in [4.78, 5) is 23.9. The van der Waals surface area contributed by atoms with E-state index in [4.69, 9.17) is 10.5 Å². The van der Waals surface area contributed by atoms with Crippen molar-refractivity contribution in [2.24, 2.45) is 5.73 Å². The second-order valence-corrected chi connectivity index (χ2v) is 6.41. The lowest BCUT2D eigenvalue weighted by Crippen LogP contribution is -2.40. The molecule has 0 aliphatic heterocycles. The molecule has 3 N–H and O–H groups in total. The first-order chi connectivity index (χ1) is 11.0. The summed E-state index contributed by atoms with van der Waals surface area (Å²) in [6.07, 6.45) is 5.13. The topological polar surface area (TPSA) is 107 Å². The number of methoxy groups -OCH3 is 1. The van der Waals surface area contributed by atoms with Crippen LogP contribution in [0.1, 0.15) is 36.0 Å². The van der Waals surface area contributed by atoms with Gasteiger partial charge in [-0.1, -0.05) is 0 Å². The zero-order valence-corrected chi connectivity index (χ0v) is 15.2. The van der Waals surface area contributed by atoms with E-state index in [1.807, 2.05) is 6.26 Å². The first kappa shape index (κ1) is 20.5. The van der Waals surface area contributed by atoms with Gasteiger partial charge in [-0.3, -0.25) is 14.9 Å². The highest BCUT2D eigenvalue weighted by Gasteiger charge is 2.27. The van der Waals surface area contributed by atoms with Gasteiger partial charge in [0.1, 0.15) is 11.3 Å². The fourth-order valence-electron chi connectivity index (χ4n) is 2.73. The van der Waals surface area contributed by atoms with Crippen LogP contribution >= 0.6 is 24.2 Å². The number of nitro benzene ring substituents is 1. The molecule has 1 saturated carbocycles. The van der Waals surface area contributed by atoms with Gasteiger partial charge in [0, 0.05) is 12.1 Å². The van der Waals surface area contributed by atoms with Crippen LogP contribution < -0.4 is 15.8 Å². The first-order valence-electron chi connectivity index (χ1n) is 7.43. The Kier molecular flexibility index (Phi) is 7.78. The maximum Gasteiger partial charge on any atom is 0.285 e. The maximum absolute atomic E-state index is 12.5. The average Bonchev–Trinajstić information content (AvgIpc) is 2.55. The lowest BCUT2D eigenvalue weighted by molar-refractivity contribution is -0.385. The second kappa shape index (κ2) is 9.10. The monoisotopic (exact) mass is 375 g/mol. The Hall–Kier alpha value is -1.51. The van der Waals surface area contributed by atoms with Crippen LogP contribution in [0.15, 0.2) is 17.0 Å². The highest BCUT2D eigenvalue weighted by molar-refractivity contribution is 7.98. The summed E-state index contributed by atoms with van der Waals surface area (Å²) >= 11 is 1.37. The predicted octanol–water partition coefficient (Wildman–Crippen LogP) is 2.75. The zero-order chi connectivity index (χ0) is 17.0. The van der Waals surface area contributed by atoms with Crippen LogP contribution in [-0.2, 0) is 0 Å². The number of amides is 1. The molecule has 24 heavy (non-hydrogen) atoms. The molecule has 9 heteroatoms. The largest absolute Gasteiger partial charge is 0.495 e. The van der Waals surface area contributed by atoms with Crippen LogP contribution in [0.3, 0.4) is 0 Å². The van der Waals surface area contributed by atoms with Crippen LogP contribution in [0.5, 0.6) is 5.75 Å².